The minimum Gasteiger partial charge on any atom is -0.379 e. The van der Waals surface area contributed by atoms with Crippen molar-refractivity contribution in [3.63, 3.8) is 0 Å². The number of primary amides is 1. The number of fused-ring (bicyclic) bond motifs is 1. The Labute approximate surface area is 168 Å². The number of carbonyl (C=O) groups excluding carboxylic acids is 2. The van der Waals surface area contributed by atoms with Gasteiger partial charge >= 0.3 is 0 Å². The lowest BCUT2D eigenvalue weighted by molar-refractivity contribution is -0.134. The van der Waals surface area contributed by atoms with Crippen LogP contribution in [0.3, 0.4) is 0 Å². The first-order valence-electron chi connectivity index (χ1n) is 9.99. The SMILES string of the molecule is NC(=O)c1cc2cc(F)ccc2nc1C1CCN(C(=O)CN2CCOCC2)CC1. The van der Waals surface area contributed by atoms with Gasteiger partial charge in [0.25, 0.3) is 5.91 Å². The molecule has 1 aromatic heterocycles. The third kappa shape index (κ3) is 4.38. The average Bonchev–Trinajstić information content (AvgIpc) is 2.73. The van der Waals surface area contributed by atoms with Crippen LogP contribution < -0.4 is 5.73 Å². The number of piperidine rings is 1. The van der Waals surface area contributed by atoms with Crippen molar-refractivity contribution in [2.75, 3.05) is 45.9 Å². The Morgan fingerprint density at radius 1 is 1.14 bits per heavy atom. The number of hydrogen-bond acceptors (Lipinski definition) is 5. The summed E-state index contributed by atoms with van der Waals surface area (Å²) >= 11 is 0. The molecule has 2 saturated heterocycles. The molecule has 1 aromatic carbocycles. The van der Waals surface area contributed by atoms with Gasteiger partial charge < -0.3 is 15.4 Å². The second-order valence-corrected chi connectivity index (χ2v) is 7.67. The predicted molar refractivity (Wildman–Crippen MR) is 106 cm³/mol. The molecule has 0 bridgehead atoms. The highest BCUT2D eigenvalue weighted by atomic mass is 19.1. The fraction of sp³-hybridized carbons (Fsp3) is 0.476. The fourth-order valence-electron chi connectivity index (χ4n) is 4.12. The smallest absolute Gasteiger partial charge is 0.250 e. The fourth-order valence-corrected chi connectivity index (χ4v) is 4.12. The number of ether oxygens (including phenoxy) is 1. The van der Waals surface area contributed by atoms with E-state index in [9.17, 15) is 14.0 Å². The summed E-state index contributed by atoms with van der Waals surface area (Å²) in [5.41, 5.74) is 7.20. The van der Waals surface area contributed by atoms with E-state index in [-0.39, 0.29) is 17.6 Å². The number of aromatic nitrogens is 1. The molecule has 0 atom stereocenters. The van der Waals surface area contributed by atoms with Crippen LogP contribution in [0.4, 0.5) is 4.39 Å². The molecule has 3 heterocycles. The molecule has 4 rings (SSSR count). The molecule has 2 aliphatic rings. The van der Waals surface area contributed by atoms with Crippen LogP contribution >= 0.6 is 0 Å². The van der Waals surface area contributed by atoms with Crippen molar-refractivity contribution in [3.05, 3.63) is 41.3 Å². The zero-order valence-corrected chi connectivity index (χ0v) is 16.3. The van der Waals surface area contributed by atoms with E-state index in [2.05, 4.69) is 9.88 Å². The number of likely N-dealkylation sites (tertiary alicyclic amines) is 1. The third-order valence-electron chi connectivity index (χ3n) is 5.77. The average molecular weight is 400 g/mol. The van der Waals surface area contributed by atoms with Crippen molar-refractivity contribution in [1.82, 2.24) is 14.8 Å². The van der Waals surface area contributed by atoms with E-state index in [4.69, 9.17) is 10.5 Å². The van der Waals surface area contributed by atoms with Crippen molar-refractivity contribution in [2.45, 2.75) is 18.8 Å². The van der Waals surface area contributed by atoms with Gasteiger partial charge in [-0.05, 0) is 37.1 Å². The minimum absolute atomic E-state index is 0.0411. The van der Waals surface area contributed by atoms with Crippen LogP contribution in [0.15, 0.2) is 24.3 Å². The molecule has 2 aliphatic heterocycles. The Morgan fingerprint density at radius 2 is 1.86 bits per heavy atom. The highest BCUT2D eigenvalue weighted by Crippen LogP contribution is 2.31. The molecule has 7 nitrogen and oxygen atoms in total. The summed E-state index contributed by atoms with van der Waals surface area (Å²) in [5.74, 6) is -0.777. The monoisotopic (exact) mass is 400 g/mol. The Bertz CT molecular complexity index is 922. The molecule has 2 N–H and O–H groups in total. The van der Waals surface area contributed by atoms with Crippen molar-refractivity contribution in [1.29, 1.82) is 0 Å². The van der Waals surface area contributed by atoms with Gasteiger partial charge in [0.05, 0.1) is 36.5 Å². The van der Waals surface area contributed by atoms with Crippen LogP contribution in [0.25, 0.3) is 10.9 Å². The standard InChI is InChI=1S/C21H25FN4O3/c22-16-1-2-18-15(11-16)12-17(21(23)28)20(24-18)14-3-5-26(6-4-14)19(27)13-25-7-9-29-10-8-25/h1-2,11-12,14H,3-10,13H2,(H2,23,28). The number of rotatable bonds is 4. The van der Waals surface area contributed by atoms with Gasteiger partial charge in [0, 0.05) is 37.5 Å². The number of nitrogens with two attached hydrogens (primary N) is 1. The van der Waals surface area contributed by atoms with Crippen molar-refractivity contribution < 1.29 is 18.7 Å². The molecular formula is C21H25FN4O3. The molecule has 8 heteroatoms. The number of nitrogens with zero attached hydrogens (tertiary/aromatic N) is 3. The molecule has 0 aliphatic carbocycles. The Morgan fingerprint density at radius 3 is 2.55 bits per heavy atom. The Balaban J connectivity index is 1.47. The van der Waals surface area contributed by atoms with Gasteiger partial charge in [0.1, 0.15) is 5.82 Å². The van der Waals surface area contributed by atoms with Crippen molar-refractivity contribution >= 4 is 22.7 Å². The number of pyridine rings is 1. The van der Waals surface area contributed by atoms with E-state index in [0.29, 0.717) is 55.0 Å². The zero-order valence-electron chi connectivity index (χ0n) is 16.3. The van der Waals surface area contributed by atoms with Crippen LogP contribution in [-0.4, -0.2) is 72.5 Å². The van der Waals surface area contributed by atoms with Gasteiger partial charge in [-0.15, -0.1) is 0 Å². The van der Waals surface area contributed by atoms with E-state index in [1.807, 2.05) is 4.90 Å². The number of amides is 2. The summed E-state index contributed by atoms with van der Waals surface area (Å²) in [6.45, 7) is 4.56. The highest BCUT2D eigenvalue weighted by molar-refractivity contribution is 5.97. The summed E-state index contributed by atoms with van der Waals surface area (Å²) in [6.07, 6.45) is 1.43. The van der Waals surface area contributed by atoms with Crippen molar-refractivity contribution in [3.8, 4) is 0 Å². The van der Waals surface area contributed by atoms with Crippen LogP contribution in [0.1, 0.15) is 34.8 Å². The normalized spacial score (nSPS) is 18.9. The molecule has 2 amide bonds. The van der Waals surface area contributed by atoms with Crippen LogP contribution in [0.2, 0.25) is 0 Å². The summed E-state index contributed by atoms with van der Waals surface area (Å²) in [7, 11) is 0. The zero-order chi connectivity index (χ0) is 20.4. The van der Waals surface area contributed by atoms with Gasteiger partial charge in [-0.25, -0.2) is 4.39 Å². The summed E-state index contributed by atoms with van der Waals surface area (Å²) in [4.78, 5) is 33.2. The maximum Gasteiger partial charge on any atom is 0.250 e. The van der Waals surface area contributed by atoms with Crippen LogP contribution in [0, 0.1) is 5.82 Å². The third-order valence-corrected chi connectivity index (χ3v) is 5.77. The molecule has 154 valence electrons. The number of morpholine rings is 1. The predicted octanol–water partition coefficient (Wildman–Crippen LogP) is 1.51. The molecule has 0 radical (unpaired) electrons. The molecule has 29 heavy (non-hydrogen) atoms. The highest BCUT2D eigenvalue weighted by Gasteiger charge is 2.28. The molecule has 0 spiro atoms. The maximum absolute atomic E-state index is 13.5. The first kappa shape index (κ1) is 19.7. The quantitative estimate of drug-likeness (QED) is 0.841. The first-order valence-corrected chi connectivity index (χ1v) is 9.99. The Hall–Kier alpha value is -2.58. The number of carbonyl (C=O) groups is 2. The molecule has 2 aromatic rings. The Kier molecular flexibility index (Phi) is 5.73. The number of halogens is 1. The summed E-state index contributed by atoms with van der Waals surface area (Å²) in [6, 6.07) is 5.94. The second-order valence-electron chi connectivity index (χ2n) is 7.67. The topological polar surface area (TPSA) is 88.8 Å². The first-order chi connectivity index (χ1) is 14.0. The van der Waals surface area contributed by atoms with E-state index < -0.39 is 5.91 Å². The van der Waals surface area contributed by atoms with Crippen LogP contribution in [-0.2, 0) is 9.53 Å². The molecule has 2 fully saturated rings. The summed E-state index contributed by atoms with van der Waals surface area (Å²) < 4.78 is 18.8. The van der Waals surface area contributed by atoms with Gasteiger partial charge in [0.2, 0.25) is 5.91 Å². The molecular weight excluding hydrogens is 375 g/mol. The second kappa shape index (κ2) is 8.42. The van der Waals surface area contributed by atoms with E-state index >= 15 is 0 Å². The van der Waals surface area contributed by atoms with Crippen LogP contribution in [0.5, 0.6) is 0 Å². The maximum atomic E-state index is 13.5. The van der Waals surface area contributed by atoms with E-state index in [1.54, 1.807) is 12.1 Å². The number of benzene rings is 1. The largest absolute Gasteiger partial charge is 0.379 e. The van der Waals surface area contributed by atoms with Gasteiger partial charge in [-0.1, -0.05) is 0 Å². The van der Waals surface area contributed by atoms with Gasteiger partial charge in [-0.2, -0.15) is 0 Å². The van der Waals surface area contributed by atoms with Gasteiger partial charge in [0.15, 0.2) is 0 Å². The van der Waals surface area contributed by atoms with Gasteiger partial charge in [-0.3, -0.25) is 19.5 Å². The minimum atomic E-state index is -0.565. The lowest BCUT2D eigenvalue weighted by atomic mass is 9.89. The van der Waals surface area contributed by atoms with E-state index in [1.165, 1.54) is 12.1 Å². The van der Waals surface area contributed by atoms with E-state index in [0.717, 1.165) is 25.9 Å². The lowest BCUT2D eigenvalue weighted by Gasteiger charge is -2.34. The number of hydrogen-bond donors (Lipinski definition) is 1. The molecule has 0 saturated carbocycles. The summed E-state index contributed by atoms with van der Waals surface area (Å²) in [5, 5.41) is 0.556. The lowest BCUT2D eigenvalue weighted by Crippen LogP contribution is -2.47. The molecule has 0 unspecified atom stereocenters. The van der Waals surface area contributed by atoms with Crippen molar-refractivity contribution in [2.24, 2.45) is 5.73 Å².